The van der Waals surface area contributed by atoms with Crippen molar-refractivity contribution in [3.05, 3.63) is 36.5 Å². The van der Waals surface area contributed by atoms with E-state index in [9.17, 15) is 19.8 Å². The lowest BCUT2D eigenvalue weighted by Crippen LogP contribution is -2.45. The Hall–Kier alpha value is -1.92. The molecule has 0 aromatic heterocycles. The molecule has 6 heteroatoms. The predicted molar refractivity (Wildman–Crippen MR) is 292 cm³/mol. The molecule has 0 radical (unpaired) electrons. The maximum absolute atomic E-state index is 12.5. The Kier molecular flexibility index (Phi) is 55.0. The highest BCUT2D eigenvalue weighted by molar-refractivity contribution is 5.76. The lowest BCUT2D eigenvalue weighted by molar-refractivity contribution is -0.143. The van der Waals surface area contributed by atoms with Gasteiger partial charge in [-0.05, 0) is 77.0 Å². The third kappa shape index (κ3) is 53.3. The van der Waals surface area contributed by atoms with Crippen LogP contribution in [0.5, 0.6) is 0 Å². The highest BCUT2D eigenvalue weighted by Crippen LogP contribution is 2.16. The van der Waals surface area contributed by atoms with E-state index in [1.165, 1.54) is 238 Å². The van der Waals surface area contributed by atoms with Crippen LogP contribution in [-0.4, -0.2) is 47.4 Å². The van der Waals surface area contributed by atoms with Crippen LogP contribution in [0.1, 0.15) is 316 Å². The smallest absolute Gasteiger partial charge is 0.305 e. The number of hydrogen-bond donors (Lipinski definition) is 3. The molecule has 0 bridgehead atoms. The molecule has 0 aromatic rings. The molecule has 0 saturated carbocycles. The van der Waals surface area contributed by atoms with Gasteiger partial charge in [-0.3, -0.25) is 9.59 Å². The zero-order valence-corrected chi connectivity index (χ0v) is 44.9. The Labute approximate surface area is 417 Å². The molecule has 2 unspecified atom stereocenters. The molecule has 0 spiro atoms. The van der Waals surface area contributed by atoms with Crippen molar-refractivity contribution in [3.63, 3.8) is 0 Å². The number of aliphatic hydroxyl groups excluding tert-OH is 2. The third-order valence-corrected chi connectivity index (χ3v) is 13.6. The van der Waals surface area contributed by atoms with Gasteiger partial charge >= 0.3 is 5.97 Å². The van der Waals surface area contributed by atoms with Crippen molar-refractivity contribution in [1.82, 2.24) is 5.32 Å². The quantitative estimate of drug-likeness (QED) is 0.0321. The van der Waals surface area contributed by atoms with Gasteiger partial charge < -0.3 is 20.3 Å². The first kappa shape index (κ1) is 65.1. The summed E-state index contributed by atoms with van der Waals surface area (Å²) in [5.41, 5.74) is 0. The van der Waals surface area contributed by atoms with E-state index in [-0.39, 0.29) is 18.5 Å². The van der Waals surface area contributed by atoms with Crippen LogP contribution < -0.4 is 5.32 Å². The molecule has 0 rings (SSSR count). The summed E-state index contributed by atoms with van der Waals surface area (Å²) >= 11 is 0. The molecule has 0 aromatic carbocycles. The number of ether oxygens (including phenoxy) is 1. The van der Waals surface area contributed by atoms with Gasteiger partial charge in [-0.1, -0.05) is 262 Å². The molecule has 2 atom stereocenters. The molecule has 0 aliphatic heterocycles. The maximum atomic E-state index is 12.5. The minimum Gasteiger partial charge on any atom is -0.466 e. The fourth-order valence-corrected chi connectivity index (χ4v) is 9.02. The summed E-state index contributed by atoms with van der Waals surface area (Å²) in [7, 11) is 0. The summed E-state index contributed by atoms with van der Waals surface area (Å²) in [6, 6.07) is -0.633. The lowest BCUT2D eigenvalue weighted by atomic mass is 10.0. The van der Waals surface area contributed by atoms with Gasteiger partial charge in [0.25, 0.3) is 0 Å². The topological polar surface area (TPSA) is 95.9 Å². The normalized spacial score (nSPS) is 12.8. The van der Waals surface area contributed by atoms with E-state index in [0.29, 0.717) is 19.4 Å². The third-order valence-electron chi connectivity index (χ3n) is 13.6. The highest BCUT2D eigenvalue weighted by Gasteiger charge is 2.18. The summed E-state index contributed by atoms with van der Waals surface area (Å²) < 4.78 is 5.45. The van der Waals surface area contributed by atoms with Gasteiger partial charge in [0.15, 0.2) is 0 Å². The first-order valence-corrected chi connectivity index (χ1v) is 29.8. The molecule has 0 saturated heterocycles. The molecule has 3 N–H and O–H groups in total. The molecule has 1 amide bonds. The Bertz CT molecular complexity index is 1090. The number of allylic oxidation sites excluding steroid dienone is 5. The van der Waals surface area contributed by atoms with Crippen LogP contribution in [0, 0.1) is 0 Å². The average molecular weight is 943 g/mol. The first-order chi connectivity index (χ1) is 33.0. The van der Waals surface area contributed by atoms with Crippen molar-refractivity contribution in [3.8, 4) is 0 Å². The van der Waals surface area contributed by atoms with E-state index in [2.05, 4.69) is 43.5 Å². The standard InChI is InChI=1S/C61H115NO5/c1-3-5-7-9-11-13-15-16-17-24-27-30-34-37-41-45-49-53-59(64)58(57-63)62-60(65)54-50-46-42-38-35-31-28-25-22-20-18-19-21-23-26-29-32-36-40-44-48-52-56-67-61(66)55-51-47-43-39-33-14-12-10-8-6-4-2/h10,12,20,22,49,53,58-59,63-64H,3-9,11,13-19,21,23-48,50-52,54-57H2,1-2H3,(H,62,65)/b12-10-,22-20-,53-49+. The summed E-state index contributed by atoms with van der Waals surface area (Å²) in [6.07, 6.45) is 70.3. The van der Waals surface area contributed by atoms with E-state index in [1.807, 2.05) is 6.08 Å². The Morgan fingerprint density at radius 1 is 0.403 bits per heavy atom. The fraction of sp³-hybridized carbons (Fsp3) is 0.869. The molecular formula is C61H115NO5. The number of esters is 1. The zero-order chi connectivity index (χ0) is 48.6. The van der Waals surface area contributed by atoms with Gasteiger partial charge in [0.1, 0.15) is 0 Å². The number of unbranched alkanes of at least 4 members (excludes halogenated alkanes) is 40. The van der Waals surface area contributed by atoms with Crippen LogP contribution >= 0.6 is 0 Å². The van der Waals surface area contributed by atoms with E-state index >= 15 is 0 Å². The SMILES string of the molecule is CCCC/C=C\CCCCCCCC(=O)OCCCCCCCCCCCCC/C=C\CCCCCCCCCC(=O)NC(CO)C(O)/C=C/CCCCCCCCCCCCCCCCC. The lowest BCUT2D eigenvalue weighted by Gasteiger charge is -2.20. The number of amides is 1. The van der Waals surface area contributed by atoms with Gasteiger partial charge in [-0.25, -0.2) is 0 Å². The van der Waals surface area contributed by atoms with Crippen LogP contribution in [0.25, 0.3) is 0 Å². The van der Waals surface area contributed by atoms with Crippen LogP contribution in [-0.2, 0) is 14.3 Å². The van der Waals surface area contributed by atoms with E-state index in [1.54, 1.807) is 6.08 Å². The number of nitrogens with one attached hydrogen (secondary N) is 1. The number of hydrogen-bond acceptors (Lipinski definition) is 5. The molecular weight excluding hydrogens is 827 g/mol. The Morgan fingerprint density at radius 3 is 1.10 bits per heavy atom. The molecule has 0 heterocycles. The molecule has 0 fully saturated rings. The van der Waals surface area contributed by atoms with Gasteiger partial charge in [0, 0.05) is 12.8 Å². The van der Waals surface area contributed by atoms with Crippen molar-refractivity contribution in [2.45, 2.75) is 328 Å². The summed E-state index contributed by atoms with van der Waals surface area (Å²) in [6.45, 7) is 4.87. The predicted octanol–water partition coefficient (Wildman–Crippen LogP) is 18.4. The summed E-state index contributed by atoms with van der Waals surface area (Å²) in [5.74, 6) is -0.0757. The van der Waals surface area contributed by atoms with Crippen LogP contribution in [0.3, 0.4) is 0 Å². The number of aliphatic hydroxyl groups is 2. The Morgan fingerprint density at radius 2 is 0.716 bits per heavy atom. The minimum atomic E-state index is -0.849. The minimum absolute atomic E-state index is 0.00193. The number of rotatable bonds is 55. The molecule has 67 heavy (non-hydrogen) atoms. The van der Waals surface area contributed by atoms with E-state index in [0.717, 1.165) is 51.4 Å². The van der Waals surface area contributed by atoms with Crippen molar-refractivity contribution < 1.29 is 24.5 Å². The van der Waals surface area contributed by atoms with Gasteiger partial charge in [-0.2, -0.15) is 0 Å². The van der Waals surface area contributed by atoms with Crippen LogP contribution in [0.15, 0.2) is 36.5 Å². The van der Waals surface area contributed by atoms with Crippen molar-refractivity contribution in [2.75, 3.05) is 13.2 Å². The van der Waals surface area contributed by atoms with Crippen LogP contribution in [0.4, 0.5) is 0 Å². The second kappa shape index (κ2) is 56.7. The molecule has 0 aliphatic rings. The monoisotopic (exact) mass is 942 g/mol. The van der Waals surface area contributed by atoms with E-state index < -0.39 is 12.1 Å². The largest absolute Gasteiger partial charge is 0.466 e. The Balaban J connectivity index is 3.46. The molecule has 0 aliphatic carbocycles. The van der Waals surface area contributed by atoms with Crippen molar-refractivity contribution >= 4 is 11.9 Å². The van der Waals surface area contributed by atoms with Gasteiger partial charge in [0.05, 0.1) is 25.4 Å². The van der Waals surface area contributed by atoms with Gasteiger partial charge in [-0.15, -0.1) is 0 Å². The maximum Gasteiger partial charge on any atom is 0.305 e. The zero-order valence-electron chi connectivity index (χ0n) is 44.9. The summed E-state index contributed by atoms with van der Waals surface area (Å²) in [4.78, 5) is 24.4. The van der Waals surface area contributed by atoms with Crippen molar-refractivity contribution in [2.24, 2.45) is 0 Å². The first-order valence-electron chi connectivity index (χ1n) is 29.8. The van der Waals surface area contributed by atoms with E-state index in [4.69, 9.17) is 4.74 Å². The van der Waals surface area contributed by atoms with Gasteiger partial charge in [0.2, 0.25) is 5.91 Å². The van der Waals surface area contributed by atoms with Crippen LogP contribution in [0.2, 0.25) is 0 Å². The molecule has 6 nitrogen and oxygen atoms in total. The number of carbonyl (C=O) groups is 2. The van der Waals surface area contributed by atoms with Crippen molar-refractivity contribution in [1.29, 1.82) is 0 Å². The summed E-state index contributed by atoms with van der Waals surface area (Å²) in [5, 5.41) is 23.1. The second-order valence-electron chi connectivity index (χ2n) is 20.3. The molecule has 394 valence electrons. The highest BCUT2D eigenvalue weighted by atomic mass is 16.5. The fourth-order valence-electron chi connectivity index (χ4n) is 9.02. The average Bonchev–Trinajstić information content (AvgIpc) is 3.33. The second-order valence-corrected chi connectivity index (χ2v) is 20.3. The number of carbonyl (C=O) groups excluding carboxylic acids is 2.